The number of amides is 1. The number of nitrogens with one attached hydrogen (secondary N) is 1. The summed E-state index contributed by atoms with van der Waals surface area (Å²) in [5, 5.41) is 3.44. The average molecular weight is 346 g/mol. The summed E-state index contributed by atoms with van der Waals surface area (Å²) in [4.78, 5) is 12.3. The van der Waals surface area contributed by atoms with Gasteiger partial charge in [0.1, 0.15) is 5.75 Å². The van der Waals surface area contributed by atoms with Gasteiger partial charge in [0.05, 0.1) is 0 Å². The summed E-state index contributed by atoms with van der Waals surface area (Å²) in [6.45, 7) is 10.1. The van der Waals surface area contributed by atoms with Crippen LogP contribution < -0.4 is 10.1 Å². The first-order chi connectivity index (χ1) is 11.2. The highest BCUT2D eigenvalue weighted by molar-refractivity contribution is 6.31. The lowest BCUT2D eigenvalue weighted by molar-refractivity contribution is -0.122. The molecule has 1 N–H and O–H groups in total. The van der Waals surface area contributed by atoms with Gasteiger partial charge in [0, 0.05) is 10.7 Å². The van der Waals surface area contributed by atoms with Gasteiger partial charge in [-0.3, -0.25) is 4.79 Å². The summed E-state index contributed by atoms with van der Waals surface area (Å²) in [7, 11) is 0. The van der Waals surface area contributed by atoms with Gasteiger partial charge >= 0.3 is 0 Å². The van der Waals surface area contributed by atoms with Gasteiger partial charge in [0.2, 0.25) is 0 Å². The molecule has 0 aliphatic rings. The Kier molecular flexibility index (Phi) is 5.55. The van der Waals surface area contributed by atoms with Crippen LogP contribution in [0, 0.1) is 6.92 Å². The average Bonchev–Trinajstić information content (AvgIpc) is 2.50. The largest absolute Gasteiger partial charge is 0.481 e. The summed E-state index contributed by atoms with van der Waals surface area (Å²) >= 11 is 5.98. The van der Waals surface area contributed by atoms with E-state index in [0.717, 1.165) is 5.56 Å². The Morgan fingerprint density at radius 1 is 1.12 bits per heavy atom. The number of aryl methyl sites for hydroxylation is 1. The van der Waals surface area contributed by atoms with Crippen molar-refractivity contribution in [1.29, 1.82) is 0 Å². The lowest BCUT2D eigenvalue weighted by atomic mass is 9.87. The fraction of sp³-hybridized carbons (Fsp3) is 0.350. The van der Waals surface area contributed by atoms with Gasteiger partial charge in [-0.15, -0.1) is 0 Å². The van der Waals surface area contributed by atoms with Gasteiger partial charge in [-0.1, -0.05) is 50.6 Å². The Hall–Kier alpha value is -2.00. The van der Waals surface area contributed by atoms with Crippen molar-refractivity contribution < 1.29 is 9.53 Å². The smallest absolute Gasteiger partial charge is 0.265 e. The monoisotopic (exact) mass is 345 g/mol. The zero-order chi connectivity index (χ0) is 17.9. The highest BCUT2D eigenvalue weighted by Crippen LogP contribution is 2.25. The van der Waals surface area contributed by atoms with E-state index in [0.29, 0.717) is 16.5 Å². The maximum atomic E-state index is 12.3. The predicted molar refractivity (Wildman–Crippen MR) is 100 cm³/mol. The van der Waals surface area contributed by atoms with Gasteiger partial charge in [-0.05, 0) is 54.7 Å². The van der Waals surface area contributed by atoms with Crippen molar-refractivity contribution in [2.45, 2.75) is 46.1 Å². The molecule has 0 aromatic heterocycles. The number of anilines is 1. The van der Waals surface area contributed by atoms with Gasteiger partial charge in [0.25, 0.3) is 5.91 Å². The number of benzene rings is 2. The highest BCUT2D eigenvalue weighted by Gasteiger charge is 2.17. The molecule has 1 amide bonds. The van der Waals surface area contributed by atoms with Crippen molar-refractivity contribution in [2.75, 3.05) is 5.32 Å². The van der Waals surface area contributed by atoms with Crippen molar-refractivity contribution in [3.05, 3.63) is 58.6 Å². The third-order valence-corrected chi connectivity index (χ3v) is 4.10. The summed E-state index contributed by atoms with van der Waals surface area (Å²) < 4.78 is 5.74. The molecule has 0 fully saturated rings. The summed E-state index contributed by atoms with van der Waals surface area (Å²) in [5.74, 6) is 0.466. The van der Waals surface area contributed by atoms with E-state index < -0.39 is 6.10 Å². The van der Waals surface area contributed by atoms with Crippen LogP contribution in [-0.2, 0) is 10.2 Å². The summed E-state index contributed by atoms with van der Waals surface area (Å²) in [6.07, 6.45) is -0.608. The summed E-state index contributed by atoms with van der Waals surface area (Å²) in [6, 6.07) is 13.3. The van der Waals surface area contributed by atoms with E-state index >= 15 is 0 Å². The van der Waals surface area contributed by atoms with E-state index in [1.807, 2.05) is 37.3 Å². The van der Waals surface area contributed by atoms with Crippen LogP contribution in [0.5, 0.6) is 5.75 Å². The molecule has 2 rings (SSSR count). The lowest BCUT2D eigenvalue weighted by Crippen LogP contribution is -2.30. The van der Waals surface area contributed by atoms with Crippen LogP contribution in [-0.4, -0.2) is 12.0 Å². The Morgan fingerprint density at radius 2 is 1.75 bits per heavy atom. The quantitative estimate of drug-likeness (QED) is 0.810. The van der Waals surface area contributed by atoms with Crippen LogP contribution in [0.25, 0.3) is 0 Å². The fourth-order valence-corrected chi connectivity index (χ4v) is 2.43. The minimum absolute atomic E-state index is 0.0889. The van der Waals surface area contributed by atoms with Crippen molar-refractivity contribution in [2.24, 2.45) is 0 Å². The van der Waals surface area contributed by atoms with E-state index in [1.54, 1.807) is 19.1 Å². The number of carbonyl (C=O) groups is 1. The van der Waals surface area contributed by atoms with Crippen LogP contribution in [0.2, 0.25) is 5.02 Å². The van der Waals surface area contributed by atoms with Crippen molar-refractivity contribution in [1.82, 2.24) is 0 Å². The molecule has 0 heterocycles. The van der Waals surface area contributed by atoms with Crippen LogP contribution in [0.1, 0.15) is 38.8 Å². The number of hydrogen-bond donors (Lipinski definition) is 1. The van der Waals surface area contributed by atoms with Crippen LogP contribution in [0.15, 0.2) is 42.5 Å². The number of carbonyl (C=O) groups excluding carboxylic acids is 1. The first-order valence-electron chi connectivity index (χ1n) is 8.01. The molecule has 4 heteroatoms. The van der Waals surface area contributed by atoms with Crippen molar-refractivity contribution in [3.63, 3.8) is 0 Å². The Bertz CT molecular complexity index is 717. The molecule has 0 aliphatic heterocycles. The van der Waals surface area contributed by atoms with E-state index in [9.17, 15) is 4.79 Å². The van der Waals surface area contributed by atoms with Crippen LogP contribution >= 0.6 is 11.6 Å². The Balaban J connectivity index is 2.02. The van der Waals surface area contributed by atoms with Crippen LogP contribution in [0.4, 0.5) is 5.69 Å². The second-order valence-corrected chi connectivity index (χ2v) is 7.42. The van der Waals surface area contributed by atoms with Gasteiger partial charge in [-0.25, -0.2) is 0 Å². The maximum absolute atomic E-state index is 12.3. The third kappa shape index (κ3) is 4.75. The second-order valence-electron chi connectivity index (χ2n) is 6.98. The van der Waals surface area contributed by atoms with Gasteiger partial charge in [0.15, 0.2) is 6.10 Å². The zero-order valence-electron chi connectivity index (χ0n) is 14.8. The van der Waals surface area contributed by atoms with Crippen molar-refractivity contribution >= 4 is 23.2 Å². The molecule has 24 heavy (non-hydrogen) atoms. The molecule has 0 aliphatic carbocycles. The lowest BCUT2D eigenvalue weighted by Gasteiger charge is -2.20. The molecule has 0 unspecified atom stereocenters. The fourth-order valence-electron chi connectivity index (χ4n) is 2.25. The molecule has 0 saturated heterocycles. The normalized spacial score (nSPS) is 12.6. The van der Waals surface area contributed by atoms with E-state index in [4.69, 9.17) is 16.3 Å². The first-order valence-corrected chi connectivity index (χ1v) is 8.39. The highest BCUT2D eigenvalue weighted by atomic mass is 35.5. The molecule has 0 spiro atoms. The molecule has 0 bridgehead atoms. The molecule has 2 aromatic rings. The zero-order valence-corrected chi connectivity index (χ0v) is 15.6. The molecule has 2 aromatic carbocycles. The van der Waals surface area contributed by atoms with E-state index in [1.165, 1.54) is 5.56 Å². The Labute approximate surface area is 149 Å². The topological polar surface area (TPSA) is 38.3 Å². The van der Waals surface area contributed by atoms with Gasteiger partial charge < -0.3 is 10.1 Å². The Morgan fingerprint density at radius 3 is 2.33 bits per heavy atom. The second kappa shape index (κ2) is 7.27. The maximum Gasteiger partial charge on any atom is 0.265 e. The van der Waals surface area contributed by atoms with Gasteiger partial charge in [-0.2, -0.15) is 0 Å². The van der Waals surface area contributed by atoms with E-state index in [-0.39, 0.29) is 11.3 Å². The number of halogens is 1. The molecular weight excluding hydrogens is 322 g/mol. The SMILES string of the molecule is Cc1ccc(Cl)cc1NC(=O)[C@H](C)Oc1ccc(C(C)(C)C)cc1. The minimum atomic E-state index is -0.608. The molecule has 0 saturated carbocycles. The number of rotatable bonds is 4. The number of hydrogen-bond acceptors (Lipinski definition) is 2. The first kappa shape index (κ1) is 18.3. The summed E-state index contributed by atoms with van der Waals surface area (Å²) in [5.41, 5.74) is 2.97. The minimum Gasteiger partial charge on any atom is -0.481 e. The molecule has 128 valence electrons. The molecular formula is C20H24ClNO2. The third-order valence-electron chi connectivity index (χ3n) is 3.86. The molecule has 3 nitrogen and oxygen atoms in total. The standard InChI is InChI=1S/C20H24ClNO2/c1-13-6-9-16(21)12-18(13)22-19(23)14(2)24-17-10-7-15(8-11-17)20(3,4)5/h6-12,14H,1-5H3,(H,22,23)/t14-/m0/s1. The molecule has 0 radical (unpaired) electrons. The van der Waals surface area contributed by atoms with Crippen molar-refractivity contribution in [3.8, 4) is 5.75 Å². The number of ether oxygens (including phenoxy) is 1. The van der Waals surface area contributed by atoms with Crippen LogP contribution in [0.3, 0.4) is 0 Å². The predicted octanol–water partition coefficient (Wildman–Crippen LogP) is 5.35. The molecule has 1 atom stereocenters. The van der Waals surface area contributed by atoms with E-state index in [2.05, 4.69) is 26.1 Å².